The molecular formula is C21H42N4O4. The van der Waals surface area contributed by atoms with Crippen LogP contribution < -0.4 is 16.4 Å². The number of methoxy groups -OCH3 is 1. The molecule has 0 aromatic rings. The van der Waals surface area contributed by atoms with Crippen LogP contribution in [0.4, 0.5) is 0 Å². The van der Waals surface area contributed by atoms with Crippen LogP contribution in [0.5, 0.6) is 0 Å². The monoisotopic (exact) mass is 414 g/mol. The lowest BCUT2D eigenvalue weighted by Crippen LogP contribution is -2.59. The van der Waals surface area contributed by atoms with Gasteiger partial charge in [0.2, 0.25) is 17.7 Å². The SMILES string of the molecule is CC[C@H](C)C([C@@H](CC(N)=O)OC)N(C)C(=O)[C@@H](NC(=O)[C@@H](NC)C(C)C)C(C)C. The molecule has 0 saturated carbocycles. The summed E-state index contributed by atoms with van der Waals surface area (Å²) in [4.78, 5) is 39.2. The van der Waals surface area contributed by atoms with Crippen LogP contribution in [0.2, 0.25) is 0 Å². The van der Waals surface area contributed by atoms with Gasteiger partial charge < -0.3 is 26.0 Å². The fourth-order valence-corrected chi connectivity index (χ4v) is 3.67. The number of nitrogens with two attached hydrogens (primary N) is 1. The predicted octanol–water partition coefficient (Wildman–Crippen LogP) is 1.13. The van der Waals surface area contributed by atoms with Gasteiger partial charge in [-0.3, -0.25) is 14.4 Å². The van der Waals surface area contributed by atoms with E-state index in [-0.39, 0.29) is 48.1 Å². The van der Waals surface area contributed by atoms with Crippen molar-refractivity contribution in [3.63, 3.8) is 0 Å². The summed E-state index contributed by atoms with van der Waals surface area (Å²) in [6.07, 6.45) is 0.312. The van der Waals surface area contributed by atoms with E-state index in [4.69, 9.17) is 10.5 Å². The minimum Gasteiger partial charge on any atom is -0.379 e. The predicted molar refractivity (Wildman–Crippen MR) is 115 cm³/mol. The molecule has 0 heterocycles. The summed E-state index contributed by atoms with van der Waals surface area (Å²) in [7, 11) is 4.95. The molecule has 0 bridgehead atoms. The molecule has 0 aliphatic rings. The lowest BCUT2D eigenvalue weighted by atomic mass is 9.90. The number of nitrogens with one attached hydrogen (secondary N) is 2. The van der Waals surface area contributed by atoms with Gasteiger partial charge in [0.15, 0.2) is 0 Å². The number of carbonyl (C=O) groups excluding carboxylic acids is 3. The summed E-state index contributed by atoms with van der Waals surface area (Å²) in [5, 5.41) is 5.92. The normalized spacial score (nSPS) is 16.8. The first kappa shape index (κ1) is 27.3. The van der Waals surface area contributed by atoms with Gasteiger partial charge in [-0.25, -0.2) is 0 Å². The van der Waals surface area contributed by atoms with E-state index in [1.165, 1.54) is 7.11 Å². The molecule has 3 amide bonds. The molecule has 8 nitrogen and oxygen atoms in total. The van der Waals surface area contributed by atoms with Gasteiger partial charge in [-0.15, -0.1) is 0 Å². The van der Waals surface area contributed by atoms with Crippen molar-refractivity contribution < 1.29 is 19.1 Å². The van der Waals surface area contributed by atoms with Crippen molar-refractivity contribution in [2.45, 2.75) is 78.6 Å². The van der Waals surface area contributed by atoms with E-state index < -0.39 is 18.1 Å². The van der Waals surface area contributed by atoms with Gasteiger partial charge in [-0.2, -0.15) is 0 Å². The molecule has 8 heteroatoms. The van der Waals surface area contributed by atoms with Crippen LogP contribution in [0.25, 0.3) is 0 Å². The average Bonchev–Trinajstić information content (AvgIpc) is 2.63. The lowest BCUT2D eigenvalue weighted by molar-refractivity contribution is -0.144. The second-order valence-electron chi connectivity index (χ2n) is 8.51. The van der Waals surface area contributed by atoms with Gasteiger partial charge in [-0.1, -0.05) is 48.0 Å². The molecule has 0 fully saturated rings. The maximum Gasteiger partial charge on any atom is 0.245 e. The van der Waals surface area contributed by atoms with Crippen molar-refractivity contribution in [3.8, 4) is 0 Å². The fourth-order valence-electron chi connectivity index (χ4n) is 3.67. The zero-order valence-electron chi connectivity index (χ0n) is 19.6. The minimum absolute atomic E-state index is 0.0248. The summed E-state index contributed by atoms with van der Waals surface area (Å²) < 4.78 is 5.53. The van der Waals surface area contributed by atoms with Crippen LogP contribution in [0, 0.1) is 17.8 Å². The van der Waals surface area contributed by atoms with Crippen molar-refractivity contribution in [1.29, 1.82) is 0 Å². The minimum atomic E-state index is -0.681. The van der Waals surface area contributed by atoms with E-state index in [1.54, 1.807) is 19.0 Å². The Morgan fingerprint density at radius 1 is 1.03 bits per heavy atom. The number of nitrogens with zero attached hydrogens (tertiary/aromatic N) is 1. The molecule has 1 unspecified atom stereocenters. The maximum atomic E-state index is 13.4. The number of hydrogen-bond acceptors (Lipinski definition) is 5. The summed E-state index contributed by atoms with van der Waals surface area (Å²) in [6, 6.07) is -1.41. The summed E-state index contributed by atoms with van der Waals surface area (Å²) in [5.41, 5.74) is 5.39. The topological polar surface area (TPSA) is 114 Å². The Balaban J connectivity index is 5.72. The molecular weight excluding hydrogens is 372 g/mol. The van der Waals surface area contributed by atoms with E-state index in [9.17, 15) is 14.4 Å². The van der Waals surface area contributed by atoms with E-state index in [0.717, 1.165) is 6.42 Å². The highest BCUT2D eigenvalue weighted by atomic mass is 16.5. The van der Waals surface area contributed by atoms with Crippen LogP contribution in [0.1, 0.15) is 54.4 Å². The molecule has 29 heavy (non-hydrogen) atoms. The first-order valence-electron chi connectivity index (χ1n) is 10.5. The highest BCUT2D eigenvalue weighted by molar-refractivity contribution is 5.90. The number of ether oxygens (including phenoxy) is 1. The van der Waals surface area contributed by atoms with Crippen molar-refractivity contribution in [3.05, 3.63) is 0 Å². The average molecular weight is 415 g/mol. The number of amides is 3. The van der Waals surface area contributed by atoms with Crippen LogP contribution in [0.15, 0.2) is 0 Å². The van der Waals surface area contributed by atoms with Crippen LogP contribution in [-0.4, -0.2) is 68.1 Å². The van der Waals surface area contributed by atoms with Crippen molar-refractivity contribution in [2.75, 3.05) is 21.2 Å². The van der Waals surface area contributed by atoms with Gasteiger partial charge in [0, 0.05) is 14.2 Å². The molecule has 170 valence electrons. The van der Waals surface area contributed by atoms with Crippen molar-refractivity contribution in [1.82, 2.24) is 15.5 Å². The number of likely N-dealkylation sites (N-methyl/N-ethyl adjacent to an activating group) is 2. The highest BCUT2D eigenvalue weighted by Crippen LogP contribution is 2.23. The molecule has 4 N–H and O–H groups in total. The molecule has 5 atom stereocenters. The quantitative estimate of drug-likeness (QED) is 0.418. The Bertz CT molecular complexity index is 539. The molecule has 0 aromatic carbocycles. The first-order valence-corrected chi connectivity index (χ1v) is 10.5. The number of rotatable bonds is 13. The summed E-state index contributed by atoms with van der Waals surface area (Å²) in [5.74, 6) is -0.825. The standard InChI is InChI=1S/C21H42N4O4/c1-10-14(6)19(15(29-9)11-16(22)26)25(8)21(28)18(13(4)5)24-20(27)17(23-7)12(2)3/h12-15,17-19,23H,10-11H2,1-9H3,(H2,22,26)(H,24,27)/t14-,15+,17-,18-,19?/m0/s1. The molecule has 0 aromatic heterocycles. The van der Waals surface area contributed by atoms with Crippen LogP contribution in [0.3, 0.4) is 0 Å². The second-order valence-corrected chi connectivity index (χ2v) is 8.51. The van der Waals surface area contributed by atoms with Gasteiger partial charge in [0.05, 0.1) is 24.6 Å². The molecule has 0 saturated heterocycles. The molecule has 0 radical (unpaired) electrons. The molecule has 0 rings (SSSR count). The highest BCUT2D eigenvalue weighted by Gasteiger charge is 2.37. The summed E-state index contributed by atoms with van der Waals surface area (Å²) in [6.45, 7) is 11.7. The maximum absolute atomic E-state index is 13.4. The third-order valence-corrected chi connectivity index (χ3v) is 5.60. The zero-order chi connectivity index (χ0) is 22.9. The fraction of sp³-hybridized carbons (Fsp3) is 0.857. The largest absolute Gasteiger partial charge is 0.379 e. The Labute approximate surface area is 176 Å². The third kappa shape index (κ3) is 7.93. The lowest BCUT2D eigenvalue weighted by Gasteiger charge is -2.40. The van der Waals surface area contributed by atoms with Crippen LogP contribution >= 0.6 is 0 Å². The van der Waals surface area contributed by atoms with Crippen molar-refractivity contribution in [2.24, 2.45) is 23.5 Å². The van der Waals surface area contributed by atoms with E-state index in [2.05, 4.69) is 10.6 Å². The number of carbonyl (C=O) groups is 3. The van der Waals surface area contributed by atoms with Gasteiger partial charge in [0.1, 0.15) is 6.04 Å². The number of primary amides is 1. The van der Waals surface area contributed by atoms with E-state index in [0.29, 0.717) is 0 Å². The Morgan fingerprint density at radius 3 is 1.90 bits per heavy atom. The number of hydrogen-bond donors (Lipinski definition) is 3. The van der Waals surface area contributed by atoms with E-state index in [1.807, 2.05) is 41.5 Å². The molecule has 0 spiro atoms. The molecule has 0 aliphatic heterocycles. The van der Waals surface area contributed by atoms with Gasteiger partial charge in [-0.05, 0) is 24.8 Å². The Morgan fingerprint density at radius 2 is 1.55 bits per heavy atom. The summed E-state index contributed by atoms with van der Waals surface area (Å²) >= 11 is 0. The van der Waals surface area contributed by atoms with Gasteiger partial charge in [0.25, 0.3) is 0 Å². The Kier molecular flexibility index (Phi) is 12.1. The van der Waals surface area contributed by atoms with Crippen molar-refractivity contribution >= 4 is 17.7 Å². The molecule has 0 aliphatic carbocycles. The zero-order valence-corrected chi connectivity index (χ0v) is 19.6. The van der Waals surface area contributed by atoms with Crippen LogP contribution in [-0.2, 0) is 19.1 Å². The van der Waals surface area contributed by atoms with Gasteiger partial charge >= 0.3 is 0 Å². The van der Waals surface area contributed by atoms with E-state index >= 15 is 0 Å². The Hall–Kier alpha value is -1.67. The third-order valence-electron chi connectivity index (χ3n) is 5.60. The smallest absolute Gasteiger partial charge is 0.245 e. The first-order chi connectivity index (χ1) is 13.4. The second kappa shape index (κ2) is 12.8.